The highest BCUT2D eigenvalue weighted by molar-refractivity contribution is 7.80. The Morgan fingerprint density at radius 3 is 2.50 bits per heavy atom. The third-order valence-electron chi connectivity index (χ3n) is 2.86. The quantitative estimate of drug-likeness (QED) is 0.846. The van der Waals surface area contributed by atoms with Gasteiger partial charge in [-0.2, -0.15) is 0 Å². The lowest BCUT2D eigenvalue weighted by Gasteiger charge is -2.26. The topological polar surface area (TPSA) is 46.3 Å². The molecule has 0 radical (unpaired) electrons. The average Bonchev–Trinajstić information content (AvgIpc) is 2.58. The summed E-state index contributed by atoms with van der Waals surface area (Å²) in [5.41, 5.74) is 6.67. The first-order chi connectivity index (χ1) is 8.32. The first-order valence-electron chi connectivity index (χ1n) is 5.99. The van der Waals surface area contributed by atoms with Crippen molar-refractivity contribution in [1.29, 1.82) is 0 Å². The van der Waals surface area contributed by atoms with Crippen LogP contribution in [0.3, 0.4) is 0 Å². The number of carbonyl (C=O) groups excluding carboxylic acids is 1. The Morgan fingerprint density at radius 1 is 1.50 bits per heavy atom. The molecule has 0 aliphatic carbocycles. The molecule has 0 saturated carbocycles. The molecule has 18 heavy (non-hydrogen) atoms. The van der Waals surface area contributed by atoms with Crippen LogP contribution in [0.2, 0.25) is 0 Å². The molecule has 0 aliphatic heterocycles. The summed E-state index contributed by atoms with van der Waals surface area (Å²) in [7, 11) is 0. The molecule has 1 rings (SSSR count). The molecule has 1 heterocycles. The Labute approximate surface area is 118 Å². The molecule has 1 aromatic heterocycles. The summed E-state index contributed by atoms with van der Waals surface area (Å²) in [6.45, 7) is 8.65. The second kappa shape index (κ2) is 6.29. The second-order valence-corrected chi connectivity index (χ2v) is 6.44. The van der Waals surface area contributed by atoms with Crippen molar-refractivity contribution in [1.82, 2.24) is 4.90 Å². The van der Waals surface area contributed by atoms with Gasteiger partial charge in [0.2, 0.25) is 0 Å². The van der Waals surface area contributed by atoms with Gasteiger partial charge in [-0.15, -0.1) is 11.3 Å². The summed E-state index contributed by atoms with van der Waals surface area (Å²) in [6.07, 6.45) is 0.572. The molecule has 0 fully saturated rings. The van der Waals surface area contributed by atoms with E-state index in [0.29, 0.717) is 18.0 Å². The molecule has 0 unspecified atom stereocenters. The van der Waals surface area contributed by atoms with Crippen molar-refractivity contribution in [2.75, 3.05) is 6.54 Å². The van der Waals surface area contributed by atoms with Crippen LogP contribution in [-0.2, 0) is 0 Å². The number of nitrogens with zero attached hydrogens (tertiary/aromatic N) is 1. The molecule has 2 N–H and O–H groups in total. The number of hydrogen-bond acceptors (Lipinski definition) is 3. The fourth-order valence-corrected chi connectivity index (χ4v) is 2.73. The summed E-state index contributed by atoms with van der Waals surface area (Å²) in [5, 5.41) is 0. The van der Waals surface area contributed by atoms with E-state index in [1.54, 1.807) is 11.3 Å². The van der Waals surface area contributed by atoms with Crippen molar-refractivity contribution in [3.63, 3.8) is 0 Å². The van der Waals surface area contributed by atoms with E-state index in [2.05, 4.69) is 0 Å². The Morgan fingerprint density at radius 2 is 2.11 bits per heavy atom. The van der Waals surface area contributed by atoms with Gasteiger partial charge in [-0.05, 0) is 39.3 Å². The fourth-order valence-electron chi connectivity index (χ4n) is 1.64. The molecule has 0 bridgehead atoms. The normalized spacial score (nSPS) is 10.7. The van der Waals surface area contributed by atoms with Gasteiger partial charge in [0.25, 0.3) is 5.91 Å². The van der Waals surface area contributed by atoms with Gasteiger partial charge < -0.3 is 10.6 Å². The minimum Gasteiger partial charge on any atom is -0.393 e. The third kappa shape index (κ3) is 3.78. The van der Waals surface area contributed by atoms with Crippen LogP contribution in [0.1, 0.15) is 40.4 Å². The van der Waals surface area contributed by atoms with Crippen molar-refractivity contribution >= 4 is 34.5 Å². The fraction of sp³-hybridized carbons (Fsp3) is 0.538. The van der Waals surface area contributed by atoms with Gasteiger partial charge in [0.05, 0.1) is 9.87 Å². The zero-order valence-corrected chi connectivity index (χ0v) is 13.0. The molecule has 0 atom stereocenters. The highest BCUT2D eigenvalue weighted by Gasteiger charge is 2.20. The van der Waals surface area contributed by atoms with Gasteiger partial charge in [-0.1, -0.05) is 12.2 Å². The number of thiophene rings is 1. The number of carbonyl (C=O) groups is 1. The first kappa shape index (κ1) is 15.1. The number of amides is 1. The molecular formula is C13H20N2OS2. The van der Waals surface area contributed by atoms with E-state index in [0.717, 1.165) is 4.88 Å². The maximum absolute atomic E-state index is 12.4. The van der Waals surface area contributed by atoms with Crippen LogP contribution in [0.5, 0.6) is 0 Å². The van der Waals surface area contributed by atoms with E-state index < -0.39 is 0 Å². The number of aryl methyl sites for hydroxylation is 2. The number of rotatable bonds is 5. The van der Waals surface area contributed by atoms with Crippen molar-refractivity contribution in [2.45, 2.75) is 40.2 Å². The minimum atomic E-state index is 0.0717. The summed E-state index contributed by atoms with van der Waals surface area (Å²) >= 11 is 6.42. The van der Waals surface area contributed by atoms with Crippen LogP contribution in [0, 0.1) is 13.8 Å². The number of hydrogen-bond donors (Lipinski definition) is 1. The lowest BCUT2D eigenvalue weighted by molar-refractivity contribution is 0.0716. The van der Waals surface area contributed by atoms with E-state index in [9.17, 15) is 4.79 Å². The highest BCUT2D eigenvalue weighted by atomic mass is 32.1. The van der Waals surface area contributed by atoms with Crippen LogP contribution >= 0.6 is 23.6 Å². The molecular weight excluding hydrogens is 264 g/mol. The zero-order chi connectivity index (χ0) is 13.9. The molecule has 0 aromatic carbocycles. The summed E-state index contributed by atoms with van der Waals surface area (Å²) in [5.74, 6) is 0.0717. The Kier molecular flexibility index (Phi) is 5.28. The predicted molar refractivity (Wildman–Crippen MR) is 81.4 cm³/mol. The summed E-state index contributed by atoms with van der Waals surface area (Å²) in [4.78, 5) is 16.7. The number of thiocarbonyl (C=S) groups is 1. The second-order valence-electron chi connectivity index (χ2n) is 4.66. The molecule has 0 spiro atoms. The molecule has 3 nitrogen and oxygen atoms in total. The molecule has 100 valence electrons. The monoisotopic (exact) mass is 284 g/mol. The van der Waals surface area contributed by atoms with Crippen molar-refractivity contribution < 1.29 is 4.79 Å². The highest BCUT2D eigenvalue weighted by Crippen LogP contribution is 2.22. The van der Waals surface area contributed by atoms with E-state index in [4.69, 9.17) is 18.0 Å². The average molecular weight is 284 g/mol. The first-order valence-corrected chi connectivity index (χ1v) is 7.21. The molecule has 1 amide bonds. The number of nitrogens with two attached hydrogens (primary N) is 1. The van der Waals surface area contributed by atoms with Crippen molar-refractivity contribution in [3.8, 4) is 0 Å². The van der Waals surface area contributed by atoms with Crippen LogP contribution in [0.25, 0.3) is 0 Å². The van der Waals surface area contributed by atoms with Crippen molar-refractivity contribution in [3.05, 3.63) is 21.4 Å². The van der Waals surface area contributed by atoms with Gasteiger partial charge >= 0.3 is 0 Å². The Hall–Kier alpha value is -0.940. The van der Waals surface area contributed by atoms with Crippen LogP contribution in [0.15, 0.2) is 6.07 Å². The van der Waals surface area contributed by atoms with Gasteiger partial charge in [-0.25, -0.2) is 0 Å². The third-order valence-corrected chi connectivity index (χ3v) is 4.20. The van der Waals surface area contributed by atoms with E-state index in [1.165, 1.54) is 10.4 Å². The molecule has 0 saturated heterocycles. The van der Waals surface area contributed by atoms with Crippen LogP contribution in [0.4, 0.5) is 0 Å². The van der Waals surface area contributed by atoms with Gasteiger partial charge in [0.15, 0.2) is 0 Å². The van der Waals surface area contributed by atoms with Gasteiger partial charge in [0.1, 0.15) is 0 Å². The maximum atomic E-state index is 12.4. The van der Waals surface area contributed by atoms with Gasteiger partial charge in [0, 0.05) is 23.9 Å². The molecule has 5 heteroatoms. The smallest absolute Gasteiger partial charge is 0.264 e. The molecule has 0 aliphatic rings. The maximum Gasteiger partial charge on any atom is 0.264 e. The lowest BCUT2D eigenvalue weighted by Crippen LogP contribution is -2.38. The zero-order valence-electron chi connectivity index (χ0n) is 11.3. The van der Waals surface area contributed by atoms with E-state index >= 15 is 0 Å². The van der Waals surface area contributed by atoms with Crippen LogP contribution in [-0.4, -0.2) is 28.4 Å². The summed E-state index contributed by atoms with van der Waals surface area (Å²) < 4.78 is 0. The Balaban J connectivity index is 2.85. The summed E-state index contributed by atoms with van der Waals surface area (Å²) in [6, 6.07) is 2.10. The SMILES string of the molecule is Cc1cc(C(=O)N(CCC(N)=S)C(C)C)sc1C. The lowest BCUT2D eigenvalue weighted by atomic mass is 10.2. The van der Waals surface area contributed by atoms with Gasteiger partial charge in [-0.3, -0.25) is 4.79 Å². The standard InChI is InChI=1S/C13H20N2OS2/c1-8(2)15(6-5-12(14)17)13(16)11-7-9(3)10(4)18-11/h7-8H,5-6H2,1-4H3,(H2,14,17). The largest absolute Gasteiger partial charge is 0.393 e. The predicted octanol–water partition coefficient (Wildman–Crippen LogP) is 2.89. The van der Waals surface area contributed by atoms with Crippen molar-refractivity contribution in [2.24, 2.45) is 5.73 Å². The Bertz CT molecular complexity index is 432. The minimum absolute atomic E-state index is 0.0717. The van der Waals surface area contributed by atoms with Crippen LogP contribution < -0.4 is 5.73 Å². The van der Waals surface area contributed by atoms with E-state index in [1.807, 2.05) is 38.7 Å². The molecule has 1 aromatic rings. The van der Waals surface area contributed by atoms with E-state index in [-0.39, 0.29) is 11.9 Å².